The van der Waals surface area contributed by atoms with E-state index in [4.69, 9.17) is 4.98 Å². The van der Waals surface area contributed by atoms with Crippen LogP contribution in [-0.2, 0) is 13.1 Å². The van der Waals surface area contributed by atoms with Crippen molar-refractivity contribution in [2.45, 2.75) is 13.1 Å². The fourth-order valence-corrected chi connectivity index (χ4v) is 2.98. The second kappa shape index (κ2) is 5.59. The Hall–Kier alpha value is -2.53. The highest BCUT2D eigenvalue weighted by atomic mass is 19.1. The molecule has 1 aliphatic rings. The zero-order valence-electron chi connectivity index (χ0n) is 12.4. The van der Waals surface area contributed by atoms with Crippen LogP contribution in [0.3, 0.4) is 0 Å². The van der Waals surface area contributed by atoms with Gasteiger partial charge in [0.2, 0.25) is 0 Å². The predicted octanol–water partition coefficient (Wildman–Crippen LogP) is 3.60. The Balaban J connectivity index is 1.93. The first kappa shape index (κ1) is 14.1. The smallest absolute Gasteiger partial charge is 0.123 e. The Kier molecular flexibility index (Phi) is 3.42. The van der Waals surface area contributed by atoms with E-state index in [0.717, 1.165) is 41.4 Å². The van der Waals surface area contributed by atoms with Crippen LogP contribution in [0.2, 0.25) is 0 Å². The van der Waals surface area contributed by atoms with Gasteiger partial charge >= 0.3 is 0 Å². The molecule has 0 unspecified atom stereocenters. The lowest BCUT2D eigenvalue weighted by molar-refractivity contribution is 0.508. The van der Waals surface area contributed by atoms with E-state index in [1.165, 1.54) is 24.3 Å². The number of aromatic nitrogens is 2. The average molecular weight is 311 g/mol. The molecule has 3 nitrogen and oxygen atoms in total. The van der Waals surface area contributed by atoms with Crippen molar-refractivity contribution < 1.29 is 8.78 Å². The molecule has 1 N–H and O–H groups in total. The van der Waals surface area contributed by atoms with Gasteiger partial charge in [0.1, 0.15) is 17.5 Å². The highest BCUT2D eigenvalue weighted by Crippen LogP contribution is 2.33. The van der Waals surface area contributed by atoms with Gasteiger partial charge in [0.05, 0.1) is 17.9 Å². The van der Waals surface area contributed by atoms with Crippen molar-refractivity contribution in [3.8, 4) is 22.5 Å². The third kappa shape index (κ3) is 2.53. The molecule has 116 valence electrons. The molecular weight excluding hydrogens is 296 g/mol. The zero-order chi connectivity index (χ0) is 15.8. The second-order valence-electron chi connectivity index (χ2n) is 5.57. The van der Waals surface area contributed by atoms with Gasteiger partial charge in [-0.05, 0) is 48.5 Å². The number of nitrogens with one attached hydrogen (secondary N) is 1. The lowest BCUT2D eigenvalue weighted by Crippen LogP contribution is -2.28. The Morgan fingerprint density at radius 2 is 1.48 bits per heavy atom. The highest BCUT2D eigenvalue weighted by molar-refractivity contribution is 5.79. The van der Waals surface area contributed by atoms with Gasteiger partial charge in [-0.2, -0.15) is 0 Å². The molecule has 0 amide bonds. The number of hydrogen-bond donors (Lipinski definition) is 1. The number of imidazole rings is 1. The summed E-state index contributed by atoms with van der Waals surface area (Å²) >= 11 is 0. The van der Waals surface area contributed by atoms with Crippen molar-refractivity contribution in [3.63, 3.8) is 0 Å². The molecule has 2 heterocycles. The van der Waals surface area contributed by atoms with Gasteiger partial charge < -0.3 is 9.88 Å². The maximum Gasteiger partial charge on any atom is 0.123 e. The van der Waals surface area contributed by atoms with Crippen molar-refractivity contribution in [1.29, 1.82) is 0 Å². The molecule has 0 spiro atoms. The van der Waals surface area contributed by atoms with E-state index in [1.807, 2.05) is 0 Å². The first-order valence-corrected chi connectivity index (χ1v) is 7.54. The molecule has 0 saturated heterocycles. The molecule has 5 heteroatoms. The summed E-state index contributed by atoms with van der Waals surface area (Å²) < 4.78 is 28.6. The van der Waals surface area contributed by atoms with Gasteiger partial charge in [-0.3, -0.25) is 0 Å². The maximum absolute atomic E-state index is 13.3. The van der Waals surface area contributed by atoms with Crippen LogP contribution in [-0.4, -0.2) is 16.1 Å². The third-order valence-electron chi connectivity index (χ3n) is 4.08. The highest BCUT2D eigenvalue weighted by Gasteiger charge is 2.21. The SMILES string of the molecule is Fc1ccc(-c2nc3n(c2-c2ccc(F)cc2)CCNC3)cc1. The molecule has 2 aromatic carbocycles. The molecule has 4 rings (SSSR count). The minimum Gasteiger partial charge on any atom is -0.325 e. The van der Waals surface area contributed by atoms with Gasteiger partial charge in [-0.15, -0.1) is 0 Å². The number of benzene rings is 2. The van der Waals surface area contributed by atoms with Gasteiger partial charge in [-0.1, -0.05) is 0 Å². The van der Waals surface area contributed by atoms with Crippen LogP contribution >= 0.6 is 0 Å². The Morgan fingerprint density at radius 1 is 0.870 bits per heavy atom. The van der Waals surface area contributed by atoms with Crippen LogP contribution in [0.4, 0.5) is 8.78 Å². The molecule has 1 aromatic heterocycles. The van der Waals surface area contributed by atoms with Gasteiger partial charge in [0, 0.05) is 24.2 Å². The fourth-order valence-electron chi connectivity index (χ4n) is 2.98. The lowest BCUT2D eigenvalue weighted by Gasteiger charge is -2.18. The molecule has 23 heavy (non-hydrogen) atoms. The van der Waals surface area contributed by atoms with Gasteiger partial charge in [-0.25, -0.2) is 13.8 Å². The molecule has 3 aromatic rings. The van der Waals surface area contributed by atoms with Gasteiger partial charge in [0.15, 0.2) is 0 Å². The van der Waals surface area contributed by atoms with Gasteiger partial charge in [0.25, 0.3) is 0 Å². The number of hydrogen-bond acceptors (Lipinski definition) is 2. The minimum atomic E-state index is -0.275. The van der Waals surface area contributed by atoms with Crippen LogP contribution in [0.1, 0.15) is 5.82 Å². The summed E-state index contributed by atoms with van der Waals surface area (Å²) in [5.41, 5.74) is 3.52. The van der Waals surface area contributed by atoms with E-state index in [2.05, 4.69) is 9.88 Å². The summed E-state index contributed by atoms with van der Waals surface area (Å²) in [7, 11) is 0. The summed E-state index contributed by atoms with van der Waals surface area (Å²) in [6.45, 7) is 2.35. The zero-order valence-corrected chi connectivity index (χ0v) is 12.4. The second-order valence-corrected chi connectivity index (χ2v) is 5.57. The van der Waals surface area contributed by atoms with Crippen molar-refractivity contribution >= 4 is 0 Å². The van der Waals surface area contributed by atoms with E-state index < -0.39 is 0 Å². The fraction of sp³-hybridized carbons (Fsp3) is 0.167. The number of nitrogens with zero attached hydrogens (tertiary/aromatic N) is 2. The van der Waals surface area contributed by atoms with Crippen LogP contribution in [0.5, 0.6) is 0 Å². The average Bonchev–Trinajstić information content (AvgIpc) is 2.96. The van der Waals surface area contributed by atoms with Crippen molar-refractivity contribution in [2.75, 3.05) is 6.54 Å². The van der Waals surface area contributed by atoms with Crippen LogP contribution in [0.15, 0.2) is 48.5 Å². The largest absolute Gasteiger partial charge is 0.325 e. The summed E-state index contributed by atoms with van der Waals surface area (Å²) in [6, 6.07) is 12.7. The number of rotatable bonds is 2. The Labute approximate surface area is 132 Å². The number of fused-ring (bicyclic) bond motifs is 1. The summed E-state index contributed by atoms with van der Waals surface area (Å²) in [5.74, 6) is 0.398. The lowest BCUT2D eigenvalue weighted by atomic mass is 10.0. The van der Waals surface area contributed by atoms with E-state index in [-0.39, 0.29) is 11.6 Å². The molecule has 0 atom stereocenters. The summed E-state index contributed by atoms with van der Waals surface area (Å²) in [6.07, 6.45) is 0. The van der Waals surface area contributed by atoms with Crippen LogP contribution in [0, 0.1) is 11.6 Å². The normalized spacial score (nSPS) is 13.8. The van der Waals surface area contributed by atoms with Crippen molar-refractivity contribution in [2.24, 2.45) is 0 Å². The monoisotopic (exact) mass is 311 g/mol. The van der Waals surface area contributed by atoms with E-state index in [1.54, 1.807) is 24.3 Å². The van der Waals surface area contributed by atoms with E-state index in [0.29, 0.717) is 6.54 Å². The summed E-state index contributed by atoms with van der Waals surface area (Å²) in [5, 5.41) is 3.30. The van der Waals surface area contributed by atoms with Crippen molar-refractivity contribution in [1.82, 2.24) is 14.9 Å². The standard InChI is InChI=1S/C18H15F2N3/c19-14-5-1-12(2-6-14)17-18(13-3-7-15(20)8-4-13)23-10-9-21-11-16(23)22-17/h1-8,21H,9-11H2. The molecule has 1 aliphatic heterocycles. The maximum atomic E-state index is 13.3. The van der Waals surface area contributed by atoms with Crippen LogP contribution in [0.25, 0.3) is 22.5 Å². The Bertz CT molecular complexity index is 836. The quantitative estimate of drug-likeness (QED) is 0.784. The topological polar surface area (TPSA) is 29.9 Å². The molecule has 0 saturated carbocycles. The molecule has 0 aliphatic carbocycles. The molecular formula is C18H15F2N3. The predicted molar refractivity (Wildman–Crippen MR) is 84.7 cm³/mol. The minimum absolute atomic E-state index is 0.267. The van der Waals surface area contributed by atoms with Crippen LogP contribution < -0.4 is 5.32 Å². The summed E-state index contributed by atoms with van der Waals surface area (Å²) in [4.78, 5) is 4.73. The van der Waals surface area contributed by atoms with E-state index >= 15 is 0 Å². The van der Waals surface area contributed by atoms with E-state index in [9.17, 15) is 8.78 Å². The van der Waals surface area contributed by atoms with Crippen molar-refractivity contribution in [3.05, 3.63) is 66.0 Å². The molecule has 0 bridgehead atoms. The molecule has 0 radical (unpaired) electrons. The first-order valence-electron chi connectivity index (χ1n) is 7.54. The molecule has 0 fully saturated rings. The number of halogens is 2. The first-order chi connectivity index (χ1) is 11.2. The third-order valence-corrected chi connectivity index (χ3v) is 4.08. The Morgan fingerprint density at radius 3 is 2.13 bits per heavy atom.